The number of ether oxygens (including phenoxy) is 1. The van der Waals surface area contributed by atoms with Gasteiger partial charge in [0.05, 0.1) is 0 Å². The van der Waals surface area contributed by atoms with Gasteiger partial charge in [0.25, 0.3) is 0 Å². The van der Waals surface area contributed by atoms with Crippen LogP contribution in [0.2, 0.25) is 0 Å². The second-order valence-electron chi connectivity index (χ2n) is 2.37. The molecule has 56 valence electrons. The van der Waals surface area contributed by atoms with Gasteiger partial charge < -0.3 is 10.5 Å². The largest absolute Gasteiger partial charge is 0.364 e. The number of methoxy groups -OCH3 is 1. The molecule has 0 amide bonds. The molecule has 1 atom stereocenters. The van der Waals surface area contributed by atoms with Crippen LogP contribution in [0, 0.1) is 0 Å². The smallest absolute Gasteiger partial charge is 0.116 e. The third-order valence-electron chi connectivity index (χ3n) is 1.68. The van der Waals surface area contributed by atoms with Crippen LogP contribution in [0.1, 0.15) is 33.1 Å². The van der Waals surface area contributed by atoms with Crippen LogP contribution in [0.25, 0.3) is 0 Å². The predicted molar refractivity (Wildman–Crippen MR) is 39.1 cm³/mol. The van der Waals surface area contributed by atoms with E-state index in [0.717, 1.165) is 19.3 Å². The first-order valence-electron chi connectivity index (χ1n) is 3.52. The number of hydrogen-bond acceptors (Lipinski definition) is 2. The molecule has 2 N–H and O–H groups in total. The molecule has 0 saturated carbocycles. The molecule has 0 radical (unpaired) electrons. The van der Waals surface area contributed by atoms with Crippen LogP contribution in [-0.4, -0.2) is 12.8 Å². The normalized spacial score (nSPS) is 17.3. The maximum atomic E-state index is 5.78. The molecular weight excluding hydrogens is 114 g/mol. The zero-order chi connectivity index (χ0) is 7.33. The Labute approximate surface area is 57.4 Å². The van der Waals surface area contributed by atoms with Gasteiger partial charge in [-0.1, -0.05) is 20.3 Å². The van der Waals surface area contributed by atoms with Crippen molar-refractivity contribution in [3.8, 4) is 0 Å². The van der Waals surface area contributed by atoms with Crippen molar-refractivity contribution in [2.75, 3.05) is 7.11 Å². The number of hydrogen-bond donors (Lipinski definition) is 1. The minimum absolute atomic E-state index is 0.366. The van der Waals surface area contributed by atoms with Crippen molar-refractivity contribution in [1.29, 1.82) is 0 Å². The zero-order valence-corrected chi connectivity index (χ0v) is 6.61. The molecule has 0 fully saturated rings. The zero-order valence-electron chi connectivity index (χ0n) is 6.61. The molecule has 0 spiro atoms. The first-order chi connectivity index (χ1) is 4.18. The summed E-state index contributed by atoms with van der Waals surface area (Å²) < 4.78 is 5.11. The molecular formula is C7H17NO. The average Bonchev–Trinajstić information content (AvgIpc) is 1.89. The second-order valence-corrected chi connectivity index (χ2v) is 2.37. The van der Waals surface area contributed by atoms with Gasteiger partial charge >= 0.3 is 0 Å². The van der Waals surface area contributed by atoms with Crippen molar-refractivity contribution in [1.82, 2.24) is 0 Å². The van der Waals surface area contributed by atoms with Crippen molar-refractivity contribution in [3.05, 3.63) is 0 Å². The molecule has 0 saturated heterocycles. The van der Waals surface area contributed by atoms with E-state index in [1.54, 1.807) is 7.11 Å². The van der Waals surface area contributed by atoms with Gasteiger partial charge in [-0.05, 0) is 12.8 Å². The van der Waals surface area contributed by atoms with Gasteiger partial charge in [0.1, 0.15) is 5.72 Å². The molecule has 0 heterocycles. The molecule has 0 aliphatic carbocycles. The van der Waals surface area contributed by atoms with Gasteiger partial charge in [0.15, 0.2) is 0 Å². The Morgan fingerprint density at radius 3 is 2.11 bits per heavy atom. The van der Waals surface area contributed by atoms with Crippen molar-refractivity contribution < 1.29 is 4.74 Å². The monoisotopic (exact) mass is 131 g/mol. The quantitative estimate of drug-likeness (QED) is 0.587. The molecule has 0 aromatic heterocycles. The Morgan fingerprint density at radius 1 is 1.44 bits per heavy atom. The SMILES string of the molecule is CCCC(N)(CC)OC. The first-order valence-corrected chi connectivity index (χ1v) is 3.52. The van der Waals surface area contributed by atoms with Crippen LogP contribution >= 0.6 is 0 Å². The van der Waals surface area contributed by atoms with Gasteiger partial charge in [-0.25, -0.2) is 0 Å². The predicted octanol–water partition coefficient (Wildman–Crippen LogP) is 1.50. The molecule has 0 aliphatic rings. The van der Waals surface area contributed by atoms with E-state index < -0.39 is 0 Å². The lowest BCUT2D eigenvalue weighted by molar-refractivity contribution is -0.0157. The van der Waals surface area contributed by atoms with Crippen LogP contribution in [0.3, 0.4) is 0 Å². The van der Waals surface area contributed by atoms with E-state index in [-0.39, 0.29) is 5.72 Å². The van der Waals surface area contributed by atoms with Gasteiger partial charge in [-0.2, -0.15) is 0 Å². The second kappa shape index (κ2) is 3.85. The third-order valence-corrected chi connectivity index (χ3v) is 1.68. The topological polar surface area (TPSA) is 35.2 Å². The fourth-order valence-corrected chi connectivity index (χ4v) is 0.846. The van der Waals surface area contributed by atoms with Gasteiger partial charge in [0, 0.05) is 7.11 Å². The molecule has 0 aliphatic heterocycles. The number of nitrogens with two attached hydrogens (primary N) is 1. The fourth-order valence-electron chi connectivity index (χ4n) is 0.846. The highest BCUT2D eigenvalue weighted by Crippen LogP contribution is 2.13. The summed E-state index contributed by atoms with van der Waals surface area (Å²) in [6.45, 7) is 4.15. The minimum atomic E-state index is -0.366. The first kappa shape index (κ1) is 8.92. The lowest BCUT2D eigenvalue weighted by atomic mass is 10.1. The van der Waals surface area contributed by atoms with Crippen LogP contribution in [-0.2, 0) is 4.74 Å². The van der Waals surface area contributed by atoms with E-state index in [9.17, 15) is 0 Å². The van der Waals surface area contributed by atoms with Gasteiger partial charge in [-0.3, -0.25) is 0 Å². The molecule has 9 heavy (non-hydrogen) atoms. The summed E-state index contributed by atoms with van der Waals surface area (Å²) in [4.78, 5) is 0. The summed E-state index contributed by atoms with van der Waals surface area (Å²) in [5, 5.41) is 0. The fraction of sp³-hybridized carbons (Fsp3) is 1.00. The highest BCUT2D eigenvalue weighted by Gasteiger charge is 2.19. The lowest BCUT2D eigenvalue weighted by Gasteiger charge is -2.25. The molecule has 2 heteroatoms. The Balaban J connectivity index is 3.62. The van der Waals surface area contributed by atoms with Crippen LogP contribution in [0.4, 0.5) is 0 Å². The third kappa shape index (κ3) is 2.82. The van der Waals surface area contributed by atoms with Gasteiger partial charge in [0.2, 0.25) is 0 Å². The van der Waals surface area contributed by atoms with E-state index in [4.69, 9.17) is 10.5 Å². The van der Waals surface area contributed by atoms with Crippen molar-refractivity contribution in [2.45, 2.75) is 38.8 Å². The summed E-state index contributed by atoms with van der Waals surface area (Å²) in [5.41, 5.74) is 5.42. The molecule has 0 bridgehead atoms. The Bertz CT molecular complexity index is 69.3. The standard InChI is InChI=1S/C7H17NO/c1-4-6-7(8,5-2)9-3/h4-6,8H2,1-3H3. The minimum Gasteiger partial charge on any atom is -0.364 e. The maximum Gasteiger partial charge on any atom is 0.116 e. The molecule has 2 nitrogen and oxygen atoms in total. The van der Waals surface area contributed by atoms with Crippen molar-refractivity contribution in [3.63, 3.8) is 0 Å². The van der Waals surface area contributed by atoms with E-state index in [1.807, 2.05) is 6.92 Å². The Morgan fingerprint density at radius 2 is 2.00 bits per heavy atom. The van der Waals surface area contributed by atoms with Gasteiger partial charge in [-0.15, -0.1) is 0 Å². The average molecular weight is 131 g/mol. The maximum absolute atomic E-state index is 5.78. The Hall–Kier alpha value is -0.0800. The summed E-state index contributed by atoms with van der Waals surface area (Å²) in [6, 6.07) is 0. The van der Waals surface area contributed by atoms with E-state index >= 15 is 0 Å². The molecule has 0 aromatic rings. The van der Waals surface area contributed by atoms with E-state index in [2.05, 4.69) is 6.92 Å². The van der Waals surface area contributed by atoms with E-state index in [0.29, 0.717) is 0 Å². The van der Waals surface area contributed by atoms with Crippen LogP contribution in [0.5, 0.6) is 0 Å². The summed E-state index contributed by atoms with van der Waals surface area (Å²) in [6.07, 6.45) is 2.91. The van der Waals surface area contributed by atoms with Crippen molar-refractivity contribution in [2.24, 2.45) is 5.73 Å². The summed E-state index contributed by atoms with van der Waals surface area (Å²) in [5.74, 6) is 0. The van der Waals surface area contributed by atoms with Crippen LogP contribution in [0.15, 0.2) is 0 Å². The molecule has 0 aromatic carbocycles. The summed E-state index contributed by atoms with van der Waals surface area (Å²) >= 11 is 0. The van der Waals surface area contributed by atoms with Crippen LogP contribution < -0.4 is 5.73 Å². The highest BCUT2D eigenvalue weighted by atomic mass is 16.5. The number of rotatable bonds is 4. The Kier molecular flexibility index (Phi) is 3.82. The highest BCUT2D eigenvalue weighted by molar-refractivity contribution is 4.68. The molecule has 1 unspecified atom stereocenters. The summed E-state index contributed by atoms with van der Waals surface area (Å²) in [7, 11) is 1.67. The molecule has 0 rings (SSSR count). The van der Waals surface area contributed by atoms with E-state index in [1.165, 1.54) is 0 Å². The lowest BCUT2D eigenvalue weighted by Crippen LogP contribution is -2.40. The van der Waals surface area contributed by atoms with Crippen molar-refractivity contribution >= 4 is 0 Å².